The average molecular weight is 282 g/mol. The number of carbonyl (C=O) groups excluding carboxylic acids is 1. The highest BCUT2D eigenvalue weighted by Crippen LogP contribution is 2.23. The molecule has 2 atom stereocenters. The van der Waals surface area contributed by atoms with Gasteiger partial charge in [-0.3, -0.25) is 4.79 Å². The molecule has 1 N–H and O–H groups in total. The van der Waals surface area contributed by atoms with Crippen LogP contribution in [0.3, 0.4) is 0 Å². The van der Waals surface area contributed by atoms with Crippen LogP contribution in [0.5, 0.6) is 0 Å². The molecule has 1 heterocycles. The molecule has 2 unspecified atom stereocenters. The summed E-state index contributed by atoms with van der Waals surface area (Å²) < 4.78 is 26.5. The maximum absolute atomic E-state index is 13.7. The van der Waals surface area contributed by atoms with Crippen molar-refractivity contribution < 1.29 is 13.6 Å². The van der Waals surface area contributed by atoms with Crippen LogP contribution in [0, 0.1) is 17.6 Å². The molecule has 0 aliphatic carbocycles. The van der Waals surface area contributed by atoms with E-state index >= 15 is 0 Å². The maximum Gasteiger partial charge on any atom is 0.239 e. The van der Waals surface area contributed by atoms with Gasteiger partial charge < -0.3 is 10.2 Å². The molecule has 3 nitrogen and oxygen atoms in total. The summed E-state index contributed by atoms with van der Waals surface area (Å²) in [6.45, 7) is 0.748. The van der Waals surface area contributed by atoms with Crippen LogP contribution in [0.1, 0.15) is 18.4 Å². The van der Waals surface area contributed by atoms with E-state index < -0.39 is 11.6 Å². The van der Waals surface area contributed by atoms with Crippen LogP contribution in [0.4, 0.5) is 8.78 Å². The van der Waals surface area contributed by atoms with Crippen molar-refractivity contribution in [3.63, 3.8) is 0 Å². The molecular formula is C15H20F2N2O. The Hall–Kier alpha value is -1.49. The third kappa shape index (κ3) is 3.54. The van der Waals surface area contributed by atoms with Gasteiger partial charge in [0.15, 0.2) is 0 Å². The molecule has 1 aromatic carbocycles. The topological polar surface area (TPSA) is 32.3 Å². The highest BCUT2D eigenvalue weighted by Gasteiger charge is 2.28. The lowest BCUT2D eigenvalue weighted by molar-refractivity contribution is -0.131. The van der Waals surface area contributed by atoms with E-state index in [2.05, 4.69) is 5.32 Å². The lowest BCUT2D eigenvalue weighted by atomic mass is 9.86. The summed E-state index contributed by atoms with van der Waals surface area (Å²) in [6.07, 6.45) is 2.13. The summed E-state index contributed by atoms with van der Waals surface area (Å²) in [5.41, 5.74) is 0.523. The molecule has 1 aliphatic heterocycles. The van der Waals surface area contributed by atoms with Crippen LogP contribution in [0.15, 0.2) is 18.2 Å². The van der Waals surface area contributed by atoms with E-state index in [1.165, 1.54) is 12.1 Å². The second-order valence-electron chi connectivity index (χ2n) is 5.57. The first-order valence-electron chi connectivity index (χ1n) is 6.86. The molecule has 1 saturated heterocycles. The van der Waals surface area contributed by atoms with E-state index in [1.54, 1.807) is 19.0 Å². The molecule has 2 rings (SSSR count). The predicted molar refractivity (Wildman–Crippen MR) is 73.3 cm³/mol. The van der Waals surface area contributed by atoms with Gasteiger partial charge in [0.2, 0.25) is 5.91 Å². The normalized spacial score (nSPS) is 22.6. The van der Waals surface area contributed by atoms with Gasteiger partial charge in [0.25, 0.3) is 0 Å². The third-order valence-corrected chi connectivity index (χ3v) is 3.77. The number of carbonyl (C=O) groups is 1. The molecule has 1 aliphatic rings. The summed E-state index contributed by atoms with van der Waals surface area (Å²) in [5.74, 6) is -0.768. The second-order valence-corrected chi connectivity index (χ2v) is 5.57. The number of benzene rings is 1. The predicted octanol–water partition coefficient (Wildman–Crippen LogP) is 1.96. The molecule has 0 bridgehead atoms. The van der Waals surface area contributed by atoms with Gasteiger partial charge in [-0.05, 0) is 43.4 Å². The number of rotatable bonds is 3. The fourth-order valence-electron chi connectivity index (χ4n) is 2.68. The van der Waals surface area contributed by atoms with Gasteiger partial charge >= 0.3 is 0 Å². The van der Waals surface area contributed by atoms with Gasteiger partial charge in [-0.15, -0.1) is 0 Å². The molecule has 0 saturated carbocycles. The molecular weight excluding hydrogens is 262 g/mol. The first-order chi connectivity index (χ1) is 9.47. The molecule has 0 aromatic heterocycles. The zero-order chi connectivity index (χ0) is 14.7. The summed E-state index contributed by atoms with van der Waals surface area (Å²) in [7, 11) is 3.46. The number of halogens is 2. The zero-order valence-electron chi connectivity index (χ0n) is 11.8. The largest absolute Gasteiger partial charge is 0.347 e. The molecule has 5 heteroatoms. The van der Waals surface area contributed by atoms with Gasteiger partial charge in [-0.1, -0.05) is 6.07 Å². The van der Waals surface area contributed by atoms with Gasteiger partial charge in [0.1, 0.15) is 11.6 Å². The Labute approximate surface area is 118 Å². The van der Waals surface area contributed by atoms with Crippen LogP contribution < -0.4 is 5.32 Å². The molecule has 0 radical (unpaired) electrons. The van der Waals surface area contributed by atoms with Crippen molar-refractivity contribution in [2.45, 2.75) is 25.3 Å². The summed E-state index contributed by atoms with van der Waals surface area (Å²) in [6, 6.07) is 3.49. The minimum absolute atomic E-state index is 0.0503. The molecule has 20 heavy (non-hydrogen) atoms. The van der Waals surface area contributed by atoms with Crippen molar-refractivity contribution >= 4 is 5.91 Å². The third-order valence-electron chi connectivity index (χ3n) is 3.77. The second kappa shape index (κ2) is 6.31. The molecule has 1 aromatic rings. The molecule has 110 valence electrons. The van der Waals surface area contributed by atoms with Crippen LogP contribution in [-0.2, 0) is 11.2 Å². The van der Waals surface area contributed by atoms with E-state index in [1.807, 2.05) is 0 Å². The minimum atomic E-state index is -0.558. The number of nitrogens with zero attached hydrogens (tertiary/aromatic N) is 1. The van der Waals surface area contributed by atoms with Gasteiger partial charge in [-0.2, -0.15) is 0 Å². The van der Waals surface area contributed by atoms with Gasteiger partial charge in [0, 0.05) is 20.2 Å². The Bertz CT molecular complexity index is 491. The van der Waals surface area contributed by atoms with Crippen LogP contribution in [0.2, 0.25) is 0 Å². The number of piperidine rings is 1. The van der Waals surface area contributed by atoms with Crippen molar-refractivity contribution in [3.8, 4) is 0 Å². The van der Waals surface area contributed by atoms with Crippen LogP contribution in [-0.4, -0.2) is 37.5 Å². The van der Waals surface area contributed by atoms with Crippen LogP contribution >= 0.6 is 0 Å². The lowest BCUT2D eigenvalue weighted by Crippen LogP contribution is -2.48. The molecule has 1 fully saturated rings. The minimum Gasteiger partial charge on any atom is -0.347 e. The fraction of sp³-hybridized carbons (Fsp3) is 0.533. The van der Waals surface area contributed by atoms with Gasteiger partial charge in [-0.25, -0.2) is 8.78 Å². The van der Waals surface area contributed by atoms with E-state index in [0.717, 1.165) is 19.0 Å². The highest BCUT2D eigenvalue weighted by molar-refractivity contribution is 5.81. The zero-order valence-corrected chi connectivity index (χ0v) is 11.8. The Kier molecular flexibility index (Phi) is 4.70. The lowest BCUT2D eigenvalue weighted by Gasteiger charge is -2.31. The van der Waals surface area contributed by atoms with E-state index in [0.29, 0.717) is 18.4 Å². The van der Waals surface area contributed by atoms with Crippen molar-refractivity contribution in [2.75, 3.05) is 20.6 Å². The Balaban J connectivity index is 2.01. The number of amides is 1. The number of nitrogens with one attached hydrogen (secondary N) is 1. The van der Waals surface area contributed by atoms with E-state index in [9.17, 15) is 13.6 Å². The monoisotopic (exact) mass is 282 g/mol. The van der Waals surface area contributed by atoms with Crippen molar-refractivity contribution in [2.24, 2.45) is 5.92 Å². The Morgan fingerprint density at radius 2 is 2.15 bits per heavy atom. The summed E-state index contributed by atoms with van der Waals surface area (Å²) in [4.78, 5) is 13.5. The highest BCUT2D eigenvalue weighted by atomic mass is 19.1. The smallest absolute Gasteiger partial charge is 0.239 e. The first kappa shape index (κ1) is 14.9. The molecule has 1 amide bonds. The fourth-order valence-corrected chi connectivity index (χ4v) is 2.68. The maximum atomic E-state index is 13.7. The molecule has 0 spiro atoms. The van der Waals surface area contributed by atoms with E-state index in [4.69, 9.17) is 0 Å². The SMILES string of the molecule is CN(C)C(=O)C1CC(Cc2ccc(F)cc2F)CCN1. The number of likely N-dealkylation sites (N-methyl/N-ethyl adjacent to an activating group) is 1. The number of hydrogen-bond donors (Lipinski definition) is 1. The van der Waals surface area contributed by atoms with Crippen LogP contribution in [0.25, 0.3) is 0 Å². The summed E-state index contributed by atoms with van der Waals surface area (Å²) in [5, 5.41) is 3.19. The van der Waals surface area contributed by atoms with Gasteiger partial charge in [0.05, 0.1) is 6.04 Å². The first-order valence-corrected chi connectivity index (χ1v) is 6.86. The summed E-state index contributed by atoms with van der Waals surface area (Å²) >= 11 is 0. The standard InChI is InChI=1S/C15H20F2N2O/c1-19(2)15(20)14-8-10(5-6-18-14)7-11-3-4-12(16)9-13(11)17/h3-4,9-10,14,18H,5-8H2,1-2H3. The number of hydrogen-bond acceptors (Lipinski definition) is 2. The van der Waals surface area contributed by atoms with Crippen molar-refractivity contribution in [1.82, 2.24) is 10.2 Å². The van der Waals surface area contributed by atoms with Crippen molar-refractivity contribution in [3.05, 3.63) is 35.4 Å². The van der Waals surface area contributed by atoms with E-state index in [-0.39, 0.29) is 17.9 Å². The quantitative estimate of drug-likeness (QED) is 0.919. The average Bonchev–Trinajstić information content (AvgIpc) is 2.41. The van der Waals surface area contributed by atoms with Crippen molar-refractivity contribution in [1.29, 1.82) is 0 Å². The Morgan fingerprint density at radius 1 is 1.40 bits per heavy atom. The Morgan fingerprint density at radius 3 is 2.80 bits per heavy atom.